The molecule has 0 heterocycles. The first-order valence-corrected chi connectivity index (χ1v) is 6.14. The van der Waals surface area contributed by atoms with Crippen LogP contribution in [0.2, 0.25) is 0 Å². The van der Waals surface area contributed by atoms with Gasteiger partial charge in [-0.25, -0.2) is 4.79 Å². The largest absolute Gasteiger partial charge is 0.399 e. The minimum absolute atomic E-state index is 0.180. The van der Waals surface area contributed by atoms with E-state index in [0.29, 0.717) is 13.1 Å². The minimum atomic E-state index is -0.180. The molecule has 4 nitrogen and oxygen atoms in total. The fourth-order valence-electron chi connectivity index (χ4n) is 1.66. The van der Waals surface area contributed by atoms with E-state index in [0.717, 1.165) is 16.8 Å². The first-order valence-electron chi connectivity index (χ1n) is 6.14. The Bertz CT molecular complexity index is 523. The van der Waals surface area contributed by atoms with Crippen molar-refractivity contribution < 1.29 is 4.79 Å². The maximum Gasteiger partial charge on any atom is 0.315 e. The normalized spacial score (nSPS) is 9.89. The molecule has 0 fully saturated rings. The van der Waals surface area contributed by atoms with Gasteiger partial charge < -0.3 is 16.4 Å². The van der Waals surface area contributed by atoms with Crippen LogP contribution in [-0.4, -0.2) is 6.03 Å². The smallest absolute Gasteiger partial charge is 0.315 e. The van der Waals surface area contributed by atoms with E-state index in [4.69, 9.17) is 5.73 Å². The highest BCUT2D eigenvalue weighted by Gasteiger charge is 2.00. The van der Waals surface area contributed by atoms with Crippen LogP contribution in [0.15, 0.2) is 54.6 Å². The minimum Gasteiger partial charge on any atom is -0.399 e. The van der Waals surface area contributed by atoms with Crippen molar-refractivity contribution in [3.05, 3.63) is 65.7 Å². The summed E-state index contributed by atoms with van der Waals surface area (Å²) in [4.78, 5) is 11.6. The first kappa shape index (κ1) is 13.0. The van der Waals surface area contributed by atoms with Gasteiger partial charge in [0.2, 0.25) is 0 Å². The predicted molar refractivity (Wildman–Crippen MR) is 76.4 cm³/mol. The van der Waals surface area contributed by atoms with E-state index in [-0.39, 0.29) is 6.03 Å². The molecule has 2 aromatic carbocycles. The van der Waals surface area contributed by atoms with Gasteiger partial charge in [-0.15, -0.1) is 0 Å². The Kier molecular flexibility index (Phi) is 4.39. The molecule has 0 saturated carbocycles. The van der Waals surface area contributed by atoms with Gasteiger partial charge >= 0.3 is 6.03 Å². The predicted octanol–water partition coefficient (Wildman–Crippen LogP) is 2.27. The Morgan fingerprint density at radius 1 is 0.842 bits per heavy atom. The van der Waals surface area contributed by atoms with Gasteiger partial charge in [-0.3, -0.25) is 0 Å². The number of amides is 2. The van der Waals surface area contributed by atoms with Crippen LogP contribution in [0.25, 0.3) is 0 Å². The van der Waals surface area contributed by atoms with E-state index in [1.54, 1.807) is 0 Å². The monoisotopic (exact) mass is 255 g/mol. The maximum absolute atomic E-state index is 11.6. The van der Waals surface area contributed by atoms with Gasteiger partial charge in [0.1, 0.15) is 0 Å². The van der Waals surface area contributed by atoms with E-state index < -0.39 is 0 Å². The van der Waals surface area contributed by atoms with Crippen LogP contribution < -0.4 is 16.4 Å². The lowest BCUT2D eigenvalue weighted by Gasteiger charge is -2.08. The Hall–Kier alpha value is -2.49. The molecule has 98 valence electrons. The van der Waals surface area contributed by atoms with Crippen LogP contribution in [-0.2, 0) is 13.1 Å². The van der Waals surface area contributed by atoms with Crippen molar-refractivity contribution in [3.63, 3.8) is 0 Å². The molecule has 0 spiro atoms. The van der Waals surface area contributed by atoms with E-state index in [2.05, 4.69) is 10.6 Å². The highest BCUT2D eigenvalue weighted by molar-refractivity contribution is 5.73. The van der Waals surface area contributed by atoms with Crippen molar-refractivity contribution in [3.8, 4) is 0 Å². The number of rotatable bonds is 4. The molecule has 0 aliphatic carbocycles. The average molecular weight is 255 g/mol. The summed E-state index contributed by atoms with van der Waals surface area (Å²) < 4.78 is 0. The molecule has 2 aromatic rings. The molecule has 4 heteroatoms. The van der Waals surface area contributed by atoms with Gasteiger partial charge in [-0.05, 0) is 23.3 Å². The third-order valence-corrected chi connectivity index (χ3v) is 2.73. The van der Waals surface area contributed by atoms with E-state index in [9.17, 15) is 4.79 Å². The summed E-state index contributed by atoms with van der Waals surface area (Å²) in [6.45, 7) is 1.01. The highest BCUT2D eigenvalue weighted by atomic mass is 16.2. The molecule has 2 rings (SSSR count). The maximum atomic E-state index is 11.6. The summed E-state index contributed by atoms with van der Waals surface area (Å²) in [5, 5.41) is 5.60. The molecule has 0 atom stereocenters. The summed E-state index contributed by atoms with van der Waals surface area (Å²) in [7, 11) is 0. The molecule has 0 radical (unpaired) electrons. The number of nitrogens with one attached hydrogen (secondary N) is 2. The lowest BCUT2D eigenvalue weighted by molar-refractivity contribution is 0.240. The molecule has 2 amide bonds. The second kappa shape index (κ2) is 6.44. The van der Waals surface area contributed by atoms with E-state index >= 15 is 0 Å². The number of nitrogens with two attached hydrogens (primary N) is 1. The molecular weight excluding hydrogens is 238 g/mol. The number of benzene rings is 2. The number of carbonyl (C=O) groups excluding carboxylic acids is 1. The van der Waals surface area contributed by atoms with Crippen LogP contribution in [0, 0.1) is 0 Å². The second-order valence-electron chi connectivity index (χ2n) is 4.26. The zero-order valence-electron chi connectivity index (χ0n) is 10.6. The third kappa shape index (κ3) is 4.35. The molecule has 4 N–H and O–H groups in total. The van der Waals surface area contributed by atoms with Gasteiger partial charge in [0.25, 0.3) is 0 Å². The zero-order valence-corrected chi connectivity index (χ0v) is 10.6. The van der Waals surface area contributed by atoms with Crippen molar-refractivity contribution in [1.29, 1.82) is 0 Å². The highest BCUT2D eigenvalue weighted by Crippen LogP contribution is 2.04. The molecule has 19 heavy (non-hydrogen) atoms. The van der Waals surface area contributed by atoms with E-state index in [1.165, 1.54) is 0 Å². The summed E-state index contributed by atoms with van der Waals surface area (Å²) in [5.41, 5.74) is 8.41. The van der Waals surface area contributed by atoms with Crippen molar-refractivity contribution in [2.75, 3.05) is 5.73 Å². The summed E-state index contributed by atoms with van der Waals surface area (Å²) in [6.07, 6.45) is 0. The number of hydrogen-bond acceptors (Lipinski definition) is 2. The molecule has 0 aliphatic rings. The van der Waals surface area contributed by atoms with Crippen molar-refractivity contribution in [1.82, 2.24) is 10.6 Å². The number of hydrogen-bond donors (Lipinski definition) is 3. The fourth-order valence-corrected chi connectivity index (χ4v) is 1.66. The molecule has 0 saturated heterocycles. The van der Waals surface area contributed by atoms with Crippen LogP contribution >= 0.6 is 0 Å². The van der Waals surface area contributed by atoms with Gasteiger partial charge in [0, 0.05) is 18.8 Å². The van der Waals surface area contributed by atoms with E-state index in [1.807, 2.05) is 54.6 Å². The Balaban J connectivity index is 1.74. The Labute approximate surface area is 112 Å². The van der Waals surface area contributed by atoms with Crippen LogP contribution in [0.4, 0.5) is 10.5 Å². The molecule has 0 aliphatic heterocycles. The second-order valence-corrected chi connectivity index (χ2v) is 4.26. The van der Waals surface area contributed by atoms with Gasteiger partial charge in [-0.2, -0.15) is 0 Å². The number of carbonyl (C=O) groups is 1. The quantitative estimate of drug-likeness (QED) is 0.734. The van der Waals surface area contributed by atoms with Gasteiger partial charge in [0.05, 0.1) is 0 Å². The van der Waals surface area contributed by atoms with Crippen molar-refractivity contribution in [2.24, 2.45) is 0 Å². The van der Waals surface area contributed by atoms with Gasteiger partial charge in [-0.1, -0.05) is 42.5 Å². The first-order chi connectivity index (χ1) is 9.24. The zero-order chi connectivity index (χ0) is 13.5. The van der Waals surface area contributed by atoms with Crippen LogP contribution in [0.1, 0.15) is 11.1 Å². The average Bonchev–Trinajstić information content (AvgIpc) is 2.45. The SMILES string of the molecule is Nc1ccc(CNC(=O)NCc2ccccc2)cc1. The molecule has 0 unspecified atom stereocenters. The summed E-state index contributed by atoms with van der Waals surface area (Å²) >= 11 is 0. The van der Waals surface area contributed by atoms with Gasteiger partial charge in [0.15, 0.2) is 0 Å². The fraction of sp³-hybridized carbons (Fsp3) is 0.133. The lowest BCUT2D eigenvalue weighted by atomic mass is 10.2. The summed E-state index contributed by atoms with van der Waals surface area (Å²) in [5.74, 6) is 0. The summed E-state index contributed by atoms with van der Waals surface area (Å²) in [6, 6.07) is 17.0. The number of anilines is 1. The molecular formula is C15H17N3O. The molecule has 0 aromatic heterocycles. The molecule has 0 bridgehead atoms. The standard InChI is InChI=1S/C15H17N3O/c16-14-8-6-13(7-9-14)11-18-15(19)17-10-12-4-2-1-3-5-12/h1-9H,10-11,16H2,(H2,17,18,19). The van der Waals surface area contributed by atoms with Crippen molar-refractivity contribution in [2.45, 2.75) is 13.1 Å². The lowest BCUT2D eigenvalue weighted by Crippen LogP contribution is -2.34. The van der Waals surface area contributed by atoms with Crippen molar-refractivity contribution >= 4 is 11.7 Å². The third-order valence-electron chi connectivity index (χ3n) is 2.73. The Morgan fingerprint density at radius 3 is 1.95 bits per heavy atom. The number of urea groups is 1. The van der Waals surface area contributed by atoms with Crippen LogP contribution in [0.5, 0.6) is 0 Å². The number of nitrogen functional groups attached to an aromatic ring is 1. The topological polar surface area (TPSA) is 67.1 Å². The Morgan fingerprint density at radius 2 is 1.37 bits per heavy atom. The van der Waals surface area contributed by atoms with Crippen LogP contribution in [0.3, 0.4) is 0 Å².